The quantitative estimate of drug-likeness (QED) is 0.803. The van der Waals surface area contributed by atoms with Crippen LogP contribution in [0, 0.1) is 17.0 Å². The molecule has 1 heterocycles. The number of ether oxygens (including phenoxy) is 2. The van der Waals surface area contributed by atoms with Gasteiger partial charge in [0.05, 0.1) is 0 Å². The molecule has 0 unspecified atom stereocenters. The third kappa shape index (κ3) is 3.99. The van der Waals surface area contributed by atoms with Crippen LogP contribution in [0.3, 0.4) is 0 Å². The molecule has 142 valence electrons. The molecule has 0 saturated heterocycles. The molecule has 0 atom stereocenters. The van der Waals surface area contributed by atoms with Crippen LogP contribution in [-0.4, -0.2) is 25.0 Å². The first kappa shape index (κ1) is 18.6. The summed E-state index contributed by atoms with van der Waals surface area (Å²) >= 11 is 0. The molecule has 3 rings (SSSR count). The Morgan fingerprint density at radius 2 is 1.41 bits per heavy atom. The van der Waals surface area contributed by atoms with Crippen LogP contribution in [-0.2, 0) is 9.59 Å². The molecule has 6 nitrogen and oxygen atoms in total. The van der Waals surface area contributed by atoms with Crippen molar-refractivity contribution >= 4 is 23.2 Å². The summed E-state index contributed by atoms with van der Waals surface area (Å²) < 4.78 is 37.1. The fraction of sp³-hybridized carbons (Fsp3) is 0.263. The highest BCUT2D eigenvalue weighted by atomic mass is 19.2. The van der Waals surface area contributed by atoms with E-state index in [0.717, 1.165) is 12.1 Å². The van der Waals surface area contributed by atoms with Crippen molar-refractivity contribution in [1.82, 2.24) is 0 Å². The highest BCUT2D eigenvalue weighted by Crippen LogP contribution is 2.33. The van der Waals surface area contributed by atoms with Crippen LogP contribution in [0.4, 0.5) is 20.2 Å². The second-order valence-corrected chi connectivity index (χ2v) is 6.52. The van der Waals surface area contributed by atoms with Crippen LogP contribution in [0.2, 0.25) is 0 Å². The molecule has 27 heavy (non-hydrogen) atoms. The van der Waals surface area contributed by atoms with Gasteiger partial charge in [-0.15, -0.1) is 0 Å². The van der Waals surface area contributed by atoms with E-state index in [1.54, 1.807) is 18.2 Å². The Morgan fingerprint density at radius 3 is 2.04 bits per heavy atom. The van der Waals surface area contributed by atoms with Gasteiger partial charge in [0.2, 0.25) is 11.8 Å². The number of rotatable bonds is 4. The molecule has 8 heteroatoms. The van der Waals surface area contributed by atoms with E-state index >= 15 is 0 Å². The maximum absolute atomic E-state index is 13.3. The Hall–Kier alpha value is -3.16. The third-order valence-electron chi connectivity index (χ3n) is 4.11. The summed E-state index contributed by atoms with van der Waals surface area (Å²) in [4.78, 5) is 25.0. The molecule has 1 aliphatic rings. The van der Waals surface area contributed by atoms with Gasteiger partial charge >= 0.3 is 0 Å². The molecule has 2 amide bonds. The Balaban J connectivity index is 1.70. The Morgan fingerprint density at radius 1 is 0.852 bits per heavy atom. The van der Waals surface area contributed by atoms with Gasteiger partial charge in [-0.05, 0) is 38.1 Å². The molecule has 0 saturated carbocycles. The van der Waals surface area contributed by atoms with Crippen molar-refractivity contribution < 1.29 is 27.8 Å². The van der Waals surface area contributed by atoms with Gasteiger partial charge in [-0.25, -0.2) is 8.78 Å². The van der Waals surface area contributed by atoms with Crippen LogP contribution in [0.25, 0.3) is 0 Å². The number of hydrogen-bond acceptors (Lipinski definition) is 4. The lowest BCUT2D eigenvalue weighted by Crippen LogP contribution is -2.41. The van der Waals surface area contributed by atoms with Crippen LogP contribution < -0.4 is 20.1 Å². The molecule has 0 fully saturated rings. The highest BCUT2D eigenvalue weighted by Gasteiger charge is 2.36. The number of carbonyl (C=O) groups is 2. The molecular formula is C19H18F2N2O4. The summed E-state index contributed by atoms with van der Waals surface area (Å²) in [6.45, 7) is 3.72. The second-order valence-electron chi connectivity index (χ2n) is 6.52. The van der Waals surface area contributed by atoms with Gasteiger partial charge < -0.3 is 20.1 Å². The van der Waals surface area contributed by atoms with Crippen molar-refractivity contribution in [2.45, 2.75) is 13.8 Å². The molecule has 1 aliphatic heterocycles. The van der Waals surface area contributed by atoms with E-state index in [-0.39, 0.29) is 5.69 Å². The largest absolute Gasteiger partial charge is 0.486 e. The molecule has 0 bridgehead atoms. The van der Waals surface area contributed by atoms with Gasteiger partial charge in [0.25, 0.3) is 0 Å². The van der Waals surface area contributed by atoms with Crippen molar-refractivity contribution in [1.29, 1.82) is 0 Å². The zero-order valence-corrected chi connectivity index (χ0v) is 14.8. The van der Waals surface area contributed by atoms with Crippen LogP contribution >= 0.6 is 0 Å². The normalized spacial score (nSPS) is 13.0. The van der Waals surface area contributed by atoms with Crippen molar-refractivity contribution in [2.75, 3.05) is 23.8 Å². The lowest BCUT2D eigenvalue weighted by Gasteiger charge is -2.24. The topological polar surface area (TPSA) is 76.7 Å². The second kappa shape index (κ2) is 7.22. The zero-order valence-electron chi connectivity index (χ0n) is 14.8. The summed E-state index contributed by atoms with van der Waals surface area (Å²) in [5.74, 6) is -2.27. The molecule has 2 aromatic carbocycles. The zero-order chi connectivity index (χ0) is 19.6. The molecule has 2 aromatic rings. The molecule has 0 aliphatic carbocycles. The van der Waals surface area contributed by atoms with Crippen LogP contribution in [0.1, 0.15) is 13.8 Å². The van der Waals surface area contributed by atoms with Gasteiger partial charge in [-0.3, -0.25) is 9.59 Å². The molecule has 0 spiro atoms. The maximum Gasteiger partial charge on any atom is 0.239 e. The number of nitrogens with one attached hydrogen (secondary N) is 2. The first-order chi connectivity index (χ1) is 12.8. The number of amides is 2. The number of anilines is 2. The SMILES string of the molecule is CC(C)(C(=O)Nc1ccc(F)c(F)c1)C(=O)Nc1ccc2c(c1)OCCO2. The predicted molar refractivity (Wildman–Crippen MR) is 94.8 cm³/mol. The average Bonchev–Trinajstić information content (AvgIpc) is 2.64. The van der Waals surface area contributed by atoms with Gasteiger partial charge in [-0.1, -0.05) is 0 Å². The molecule has 0 radical (unpaired) electrons. The minimum atomic E-state index is -1.47. The van der Waals surface area contributed by atoms with E-state index in [9.17, 15) is 18.4 Å². The van der Waals surface area contributed by atoms with E-state index in [2.05, 4.69) is 10.6 Å². The van der Waals surface area contributed by atoms with Crippen molar-refractivity contribution in [3.05, 3.63) is 48.0 Å². The van der Waals surface area contributed by atoms with Gasteiger partial charge in [0.15, 0.2) is 23.1 Å². The number of benzene rings is 2. The lowest BCUT2D eigenvalue weighted by atomic mass is 9.90. The Bertz CT molecular complexity index is 899. The first-order valence-electron chi connectivity index (χ1n) is 8.25. The molecule has 0 aromatic heterocycles. The van der Waals surface area contributed by atoms with Crippen molar-refractivity contribution in [2.24, 2.45) is 5.41 Å². The first-order valence-corrected chi connectivity index (χ1v) is 8.25. The Kier molecular flexibility index (Phi) is 4.98. The van der Waals surface area contributed by atoms with E-state index < -0.39 is 28.9 Å². The highest BCUT2D eigenvalue weighted by molar-refractivity contribution is 6.14. The van der Waals surface area contributed by atoms with Crippen molar-refractivity contribution in [3.63, 3.8) is 0 Å². The summed E-state index contributed by atoms with van der Waals surface area (Å²) in [6.07, 6.45) is 0. The monoisotopic (exact) mass is 376 g/mol. The van der Waals surface area contributed by atoms with Gasteiger partial charge in [0, 0.05) is 23.5 Å². The fourth-order valence-corrected chi connectivity index (χ4v) is 2.37. The number of halogens is 2. The molecular weight excluding hydrogens is 358 g/mol. The summed E-state index contributed by atoms with van der Waals surface area (Å²) in [5.41, 5.74) is -0.977. The summed E-state index contributed by atoms with van der Waals surface area (Å²) in [5, 5.41) is 5.07. The smallest absolute Gasteiger partial charge is 0.239 e. The van der Waals surface area contributed by atoms with Gasteiger partial charge in [0.1, 0.15) is 18.6 Å². The van der Waals surface area contributed by atoms with E-state index in [1.165, 1.54) is 19.9 Å². The average molecular weight is 376 g/mol. The van der Waals surface area contributed by atoms with Crippen LogP contribution in [0.5, 0.6) is 11.5 Å². The summed E-state index contributed by atoms with van der Waals surface area (Å²) in [7, 11) is 0. The van der Waals surface area contributed by atoms with Crippen molar-refractivity contribution in [3.8, 4) is 11.5 Å². The van der Waals surface area contributed by atoms with Gasteiger partial charge in [-0.2, -0.15) is 0 Å². The maximum atomic E-state index is 13.3. The third-order valence-corrected chi connectivity index (χ3v) is 4.11. The predicted octanol–water partition coefficient (Wildman–Crippen LogP) is 3.34. The number of fused-ring (bicyclic) bond motifs is 1. The van der Waals surface area contributed by atoms with E-state index in [4.69, 9.17) is 9.47 Å². The summed E-state index contributed by atoms with van der Waals surface area (Å²) in [6, 6.07) is 7.86. The number of hydrogen-bond donors (Lipinski definition) is 2. The minimum absolute atomic E-state index is 0.0547. The van der Waals surface area contributed by atoms with E-state index in [0.29, 0.717) is 30.4 Å². The number of carbonyl (C=O) groups excluding carboxylic acids is 2. The fourth-order valence-electron chi connectivity index (χ4n) is 2.37. The standard InChI is InChI=1S/C19H18F2N2O4/c1-19(2,17(24)22-11-3-5-13(20)14(21)9-11)18(25)23-12-4-6-15-16(10-12)27-8-7-26-15/h3-6,9-10H,7-8H2,1-2H3,(H,22,24)(H,23,25). The van der Waals surface area contributed by atoms with E-state index in [1.807, 2.05) is 0 Å². The lowest BCUT2D eigenvalue weighted by molar-refractivity contribution is -0.135. The minimum Gasteiger partial charge on any atom is -0.486 e. The Labute approximate surface area is 154 Å². The van der Waals surface area contributed by atoms with Crippen LogP contribution in [0.15, 0.2) is 36.4 Å². The molecule has 2 N–H and O–H groups in total.